The Balaban J connectivity index is 1.90. The van der Waals surface area contributed by atoms with Crippen molar-refractivity contribution in [2.24, 2.45) is 0 Å². The largest absolute Gasteiger partial charge is 0.357 e. The molecule has 1 saturated heterocycles. The number of rotatable bonds is 2. The molecule has 3 nitrogen and oxygen atoms in total. The fourth-order valence-electron chi connectivity index (χ4n) is 1.78. The Hall–Kier alpha value is -0.320. The fraction of sp³-hybridized carbons (Fsp3) is 0.667. The summed E-state index contributed by atoms with van der Waals surface area (Å²) >= 11 is 7.33. The van der Waals surface area contributed by atoms with Crippen LogP contribution in [-0.2, 0) is 0 Å². The first-order valence-electron chi connectivity index (χ1n) is 4.80. The van der Waals surface area contributed by atoms with E-state index >= 15 is 0 Å². The van der Waals surface area contributed by atoms with Crippen LogP contribution in [0, 0.1) is 0 Å². The van der Waals surface area contributed by atoms with Crippen LogP contribution < -0.4 is 5.32 Å². The molecule has 1 atom stereocenters. The third-order valence-corrected chi connectivity index (χ3v) is 3.52. The van der Waals surface area contributed by atoms with Crippen LogP contribution in [0.3, 0.4) is 0 Å². The molecule has 1 aliphatic rings. The monoisotopic (exact) mass is 231 g/mol. The first-order chi connectivity index (χ1) is 6.74. The Kier molecular flexibility index (Phi) is 3.26. The minimum atomic E-state index is 0.524. The minimum absolute atomic E-state index is 0.524. The molecule has 0 radical (unpaired) electrons. The van der Waals surface area contributed by atoms with Crippen molar-refractivity contribution in [1.82, 2.24) is 9.88 Å². The summed E-state index contributed by atoms with van der Waals surface area (Å²) in [5.41, 5.74) is 0. The van der Waals surface area contributed by atoms with Gasteiger partial charge in [-0.3, -0.25) is 0 Å². The van der Waals surface area contributed by atoms with Crippen molar-refractivity contribution in [3.63, 3.8) is 0 Å². The van der Waals surface area contributed by atoms with Crippen molar-refractivity contribution in [3.05, 3.63) is 10.5 Å². The van der Waals surface area contributed by atoms with Gasteiger partial charge in [0.2, 0.25) is 0 Å². The molecular formula is C9H14ClN3S. The summed E-state index contributed by atoms with van der Waals surface area (Å²) in [5.74, 6) is 0. The molecule has 1 N–H and O–H groups in total. The van der Waals surface area contributed by atoms with Crippen LogP contribution in [0.4, 0.5) is 5.13 Å². The molecule has 0 bridgehead atoms. The van der Waals surface area contributed by atoms with E-state index in [1.165, 1.54) is 19.4 Å². The molecular weight excluding hydrogens is 218 g/mol. The van der Waals surface area contributed by atoms with Gasteiger partial charge < -0.3 is 10.2 Å². The second kappa shape index (κ2) is 4.47. The summed E-state index contributed by atoms with van der Waals surface area (Å²) in [6.45, 7) is 2.30. The highest BCUT2D eigenvalue weighted by Gasteiger charge is 2.17. The lowest BCUT2D eigenvalue weighted by atomic mass is 10.1. The average Bonchev–Trinajstić information content (AvgIpc) is 2.51. The molecule has 0 spiro atoms. The van der Waals surface area contributed by atoms with Crippen LogP contribution in [0.15, 0.2) is 5.38 Å². The van der Waals surface area contributed by atoms with Crippen LogP contribution in [0.2, 0.25) is 5.15 Å². The van der Waals surface area contributed by atoms with Crippen molar-refractivity contribution in [2.75, 3.05) is 25.5 Å². The summed E-state index contributed by atoms with van der Waals surface area (Å²) in [6.07, 6.45) is 2.48. The summed E-state index contributed by atoms with van der Waals surface area (Å²) in [6, 6.07) is 0.524. The van der Waals surface area contributed by atoms with Gasteiger partial charge in [0.1, 0.15) is 5.15 Å². The van der Waals surface area contributed by atoms with Gasteiger partial charge in [-0.2, -0.15) is 0 Å². The molecule has 0 aromatic carbocycles. The highest BCUT2D eigenvalue weighted by atomic mass is 35.5. The van der Waals surface area contributed by atoms with E-state index < -0.39 is 0 Å². The third kappa shape index (κ3) is 2.59. The lowest BCUT2D eigenvalue weighted by molar-refractivity contribution is 0.261. The summed E-state index contributed by atoms with van der Waals surface area (Å²) in [5, 5.41) is 6.80. The summed E-state index contributed by atoms with van der Waals surface area (Å²) in [4.78, 5) is 6.53. The molecule has 0 saturated carbocycles. The van der Waals surface area contributed by atoms with Crippen molar-refractivity contribution in [3.8, 4) is 0 Å². The maximum atomic E-state index is 5.76. The van der Waals surface area contributed by atoms with Gasteiger partial charge in [0.05, 0.1) is 0 Å². The SMILES string of the molecule is CN1CCCC(Nc2nc(Cl)cs2)C1. The molecule has 1 fully saturated rings. The number of nitrogens with one attached hydrogen (secondary N) is 1. The molecule has 1 aliphatic heterocycles. The molecule has 0 amide bonds. The van der Waals surface area contributed by atoms with Crippen LogP contribution >= 0.6 is 22.9 Å². The molecule has 78 valence electrons. The Morgan fingerprint density at radius 2 is 2.57 bits per heavy atom. The Morgan fingerprint density at radius 1 is 1.71 bits per heavy atom. The van der Waals surface area contributed by atoms with E-state index in [1.807, 2.05) is 5.38 Å². The van der Waals surface area contributed by atoms with E-state index in [0.29, 0.717) is 11.2 Å². The molecule has 0 aliphatic carbocycles. The predicted molar refractivity (Wildman–Crippen MR) is 61.3 cm³/mol. The standard InChI is InChI=1S/C9H14ClN3S/c1-13-4-2-3-7(5-13)11-9-12-8(10)6-14-9/h6-7H,2-5H2,1H3,(H,11,12). The Morgan fingerprint density at radius 3 is 3.21 bits per heavy atom. The summed E-state index contributed by atoms with van der Waals surface area (Å²) in [7, 11) is 2.16. The number of hydrogen-bond acceptors (Lipinski definition) is 4. The van der Waals surface area contributed by atoms with E-state index in [9.17, 15) is 0 Å². The number of thiazole rings is 1. The maximum Gasteiger partial charge on any atom is 0.184 e. The first kappa shape index (κ1) is 10.2. The average molecular weight is 232 g/mol. The van der Waals surface area contributed by atoms with Gasteiger partial charge in [-0.1, -0.05) is 11.6 Å². The van der Waals surface area contributed by atoms with Crippen molar-refractivity contribution < 1.29 is 0 Å². The number of halogens is 1. The quantitative estimate of drug-likeness (QED) is 0.847. The number of hydrogen-bond donors (Lipinski definition) is 1. The first-order valence-corrected chi connectivity index (χ1v) is 6.06. The second-order valence-corrected chi connectivity index (χ2v) is 4.97. The Labute approximate surface area is 93.1 Å². The van der Waals surface area contributed by atoms with E-state index in [1.54, 1.807) is 11.3 Å². The van der Waals surface area contributed by atoms with Gasteiger partial charge in [0.25, 0.3) is 0 Å². The summed E-state index contributed by atoms with van der Waals surface area (Å²) < 4.78 is 0. The fourth-order valence-corrected chi connectivity index (χ4v) is 2.69. The number of aromatic nitrogens is 1. The number of piperidine rings is 1. The van der Waals surface area contributed by atoms with Gasteiger partial charge in [0.15, 0.2) is 5.13 Å². The van der Waals surface area contributed by atoms with Crippen LogP contribution in [0.5, 0.6) is 0 Å². The molecule has 5 heteroatoms. The second-order valence-electron chi connectivity index (χ2n) is 3.72. The van der Waals surface area contributed by atoms with E-state index in [-0.39, 0.29) is 0 Å². The normalized spacial score (nSPS) is 23.7. The number of nitrogens with zero attached hydrogens (tertiary/aromatic N) is 2. The van der Waals surface area contributed by atoms with Crippen molar-refractivity contribution >= 4 is 28.1 Å². The molecule has 2 rings (SSSR count). The molecule has 14 heavy (non-hydrogen) atoms. The Bertz CT molecular complexity index is 302. The molecule has 2 heterocycles. The van der Waals surface area contributed by atoms with Gasteiger partial charge >= 0.3 is 0 Å². The van der Waals surface area contributed by atoms with Crippen molar-refractivity contribution in [2.45, 2.75) is 18.9 Å². The van der Waals surface area contributed by atoms with Crippen molar-refractivity contribution in [1.29, 1.82) is 0 Å². The van der Waals surface area contributed by atoms with Gasteiger partial charge in [-0.15, -0.1) is 11.3 Å². The smallest absolute Gasteiger partial charge is 0.184 e. The zero-order valence-corrected chi connectivity index (χ0v) is 9.74. The maximum absolute atomic E-state index is 5.76. The van der Waals surface area contributed by atoms with E-state index in [2.05, 4.69) is 22.2 Å². The van der Waals surface area contributed by atoms with E-state index in [0.717, 1.165) is 11.7 Å². The lowest BCUT2D eigenvalue weighted by Gasteiger charge is -2.29. The number of anilines is 1. The molecule has 1 aromatic rings. The highest BCUT2D eigenvalue weighted by molar-refractivity contribution is 7.14. The van der Waals surface area contributed by atoms with Gasteiger partial charge in [-0.25, -0.2) is 4.98 Å². The number of likely N-dealkylation sites (tertiary alicyclic amines) is 1. The predicted octanol–water partition coefficient (Wildman–Crippen LogP) is 2.30. The van der Waals surface area contributed by atoms with Crippen LogP contribution in [-0.4, -0.2) is 36.1 Å². The zero-order chi connectivity index (χ0) is 9.97. The minimum Gasteiger partial charge on any atom is -0.357 e. The molecule has 1 unspecified atom stereocenters. The highest BCUT2D eigenvalue weighted by Crippen LogP contribution is 2.21. The topological polar surface area (TPSA) is 28.2 Å². The van der Waals surface area contributed by atoms with E-state index in [4.69, 9.17) is 11.6 Å². The number of likely N-dealkylation sites (N-methyl/N-ethyl adjacent to an activating group) is 1. The third-order valence-electron chi connectivity index (χ3n) is 2.43. The molecule has 1 aromatic heterocycles. The van der Waals surface area contributed by atoms with Crippen LogP contribution in [0.25, 0.3) is 0 Å². The van der Waals surface area contributed by atoms with Crippen LogP contribution in [0.1, 0.15) is 12.8 Å². The zero-order valence-electron chi connectivity index (χ0n) is 8.16. The van der Waals surface area contributed by atoms with Gasteiger partial charge in [0, 0.05) is 18.0 Å². The van der Waals surface area contributed by atoms with Gasteiger partial charge in [-0.05, 0) is 26.4 Å². The lowest BCUT2D eigenvalue weighted by Crippen LogP contribution is -2.39.